The maximum absolute atomic E-state index is 13.3. The fourth-order valence-corrected chi connectivity index (χ4v) is 9.20. The molecule has 0 N–H and O–H groups in total. The van der Waals surface area contributed by atoms with Gasteiger partial charge in [-0.25, -0.2) is 0 Å². The second kappa shape index (κ2) is 9.44. The average Bonchev–Trinajstić information content (AvgIpc) is 3.45. The van der Waals surface area contributed by atoms with Gasteiger partial charge in [-0.05, 0) is 66.7 Å². The van der Waals surface area contributed by atoms with Gasteiger partial charge in [-0.3, -0.25) is 9.59 Å². The molecule has 2 aromatic carbocycles. The molecule has 0 amide bonds. The van der Waals surface area contributed by atoms with Crippen molar-refractivity contribution < 1.29 is 26.9 Å². The van der Waals surface area contributed by atoms with Gasteiger partial charge in [-0.15, -0.1) is 0 Å². The zero-order valence-electron chi connectivity index (χ0n) is 20.1. The van der Waals surface area contributed by atoms with Gasteiger partial charge in [0.2, 0.25) is 0 Å². The van der Waals surface area contributed by atoms with Crippen molar-refractivity contribution in [1.29, 1.82) is 0 Å². The Balaban J connectivity index is 1.42. The van der Waals surface area contributed by atoms with E-state index in [9.17, 15) is 18.0 Å². The van der Waals surface area contributed by atoms with E-state index in [1.54, 1.807) is 0 Å². The Morgan fingerprint density at radius 3 is 2.69 bits per heavy atom. The number of carbonyl (C=O) groups excluding carboxylic acids is 2. The zero-order valence-corrected chi connectivity index (χ0v) is 23.3. The fourth-order valence-electron chi connectivity index (χ4n) is 6.80. The highest BCUT2D eigenvalue weighted by Crippen LogP contribution is 2.59. The van der Waals surface area contributed by atoms with Crippen LogP contribution in [0.2, 0.25) is 5.02 Å². The number of halogens is 2. The van der Waals surface area contributed by atoms with Gasteiger partial charge in [0, 0.05) is 22.4 Å². The van der Waals surface area contributed by atoms with Crippen LogP contribution in [0.15, 0.2) is 34.8 Å². The van der Waals surface area contributed by atoms with Crippen molar-refractivity contribution in [3.8, 4) is 11.5 Å². The molecule has 2 bridgehead atoms. The first-order valence-electron chi connectivity index (χ1n) is 12.2. The largest absolute Gasteiger partial charge is 0.484 e. The number of benzene rings is 2. The van der Waals surface area contributed by atoms with Gasteiger partial charge in [0.25, 0.3) is 0 Å². The molecule has 0 saturated heterocycles. The number of Topliss-reactive ketones (excluding diaryl/α,β-unsaturated/α-hetero) is 1. The van der Waals surface area contributed by atoms with Crippen LogP contribution in [0.1, 0.15) is 67.1 Å². The lowest BCUT2D eigenvalue weighted by Crippen LogP contribution is -2.40. The number of aldehydes is 1. The van der Waals surface area contributed by atoms with Gasteiger partial charge in [-0.1, -0.05) is 53.5 Å². The minimum Gasteiger partial charge on any atom is -0.484 e. The molecule has 4 atom stereocenters. The molecule has 0 spiro atoms. The summed E-state index contributed by atoms with van der Waals surface area (Å²) in [5.41, 5.74) is 1.28. The highest BCUT2D eigenvalue weighted by Gasteiger charge is 2.61. The summed E-state index contributed by atoms with van der Waals surface area (Å²) >= 11 is 9.98. The summed E-state index contributed by atoms with van der Waals surface area (Å²) in [5.74, 6) is 0.138. The Labute approximate surface area is 225 Å². The van der Waals surface area contributed by atoms with Gasteiger partial charge >= 0.3 is 10.1 Å². The van der Waals surface area contributed by atoms with Gasteiger partial charge in [0.1, 0.15) is 17.6 Å². The van der Waals surface area contributed by atoms with Crippen LogP contribution in [-0.2, 0) is 21.3 Å². The van der Waals surface area contributed by atoms with Crippen LogP contribution in [0.3, 0.4) is 0 Å². The summed E-state index contributed by atoms with van der Waals surface area (Å²) in [4.78, 5) is 24.7. The van der Waals surface area contributed by atoms with Crippen molar-refractivity contribution in [3.63, 3.8) is 0 Å². The van der Waals surface area contributed by atoms with Gasteiger partial charge in [0.05, 0.1) is 16.3 Å². The van der Waals surface area contributed by atoms with Crippen LogP contribution in [0.4, 0.5) is 0 Å². The summed E-state index contributed by atoms with van der Waals surface area (Å²) in [7, 11) is -4.19. The van der Waals surface area contributed by atoms with Gasteiger partial charge in [-0.2, -0.15) is 8.42 Å². The molecule has 2 fully saturated rings. The Morgan fingerprint density at radius 2 is 2.00 bits per heavy atom. The number of ketones is 1. The minimum absolute atomic E-state index is 0.00504. The van der Waals surface area contributed by atoms with Crippen molar-refractivity contribution in [2.75, 3.05) is 5.75 Å². The standard InChI is InChI=1S/C27H28BrClO6S/c1-15(2)26-16-8-9-27(26,25(31)11-16)14-36(32,33)35-23-12-24(21(29)10-17(23)13-30)34-22-7-6-18-19(22)4-3-5-20(18)28/h3-5,10,12-13,15-16,22,26H,6-9,11,14H2,1-2H3/t16-,22+,26?,27?/m1/s1. The Kier molecular flexibility index (Phi) is 6.75. The number of hydrogen-bond donors (Lipinski definition) is 0. The molecule has 0 aromatic heterocycles. The van der Waals surface area contributed by atoms with E-state index in [0.29, 0.717) is 19.1 Å². The third kappa shape index (κ3) is 4.39. The Morgan fingerprint density at radius 1 is 1.22 bits per heavy atom. The predicted molar refractivity (Wildman–Crippen MR) is 140 cm³/mol. The molecule has 9 heteroatoms. The number of rotatable bonds is 8. The highest BCUT2D eigenvalue weighted by molar-refractivity contribution is 9.10. The third-order valence-electron chi connectivity index (χ3n) is 8.10. The first kappa shape index (κ1) is 25.7. The molecular formula is C27H28BrClO6S. The van der Waals surface area contributed by atoms with Crippen LogP contribution in [0, 0.1) is 23.2 Å². The zero-order chi connectivity index (χ0) is 25.8. The Hall–Kier alpha value is -1.90. The quantitative estimate of drug-likeness (QED) is 0.262. The maximum atomic E-state index is 13.3. The average molecular weight is 596 g/mol. The number of hydrogen-bond acceptors (Lipinski definition) is 6. The molecule has 2 aromatic rings. The minimum atomic E-state index is -4.19. The smallest absolute Gasteiger partial charge is 0.310 e. The fraction of sp³-hybridized carbons (Fsp3) is 0.481. The van der Waals surface area contributed by atoms with Crippen molar-refractivity contribution in [3.05, 3.63) is 56.5 Å². The van der Waals surface area contributed by atoms with E-state index in [1.807, 2.05) is 32.0 Å². The van der Waals surface area contributed by atoms with Crippen molar-refractivity contribution in [2.45, 2.75) is 52.1 Å². The molecule has 2 saturated carbocycles. The van der Waals surface area contributed by atoms with Crippen molar-refractivity contribution in [2.24, 2.45) is 23.2 Å². The number of carbonyl (C=O) groups is 2. The molecule has 192 valence electrons. The lowest BCUT2D eigenvalue weighted by atomic mass is 9.75. The second-order valence-corrected chi connectivity index (χ2v) is 13.4. The topological polar surface area (TPSA) is 86.7 Å². The van der Waals surface area contributed by atoms with Crippen molar-refractivity contribution in [1.82, 2.24) is 0 Å². The number of fused-ring (bicyclic) bond motifs is 3. The van der Waals surface area contributed by atoms with Crippen LogP contribution in [-0.4, -0.2) is 26.2 Å². The first-order chi connectivity index (χ1) is 17.0. The van der Waals surface area contributed by atoms with E-state index in [2.05, 4.69) is 15.9 Å². The van der Waals surface area contributed by atoms with Crippen LogP contribution in [0.25, 0.3) is 0 Å². The van der Waals surface area contributed by atoms with Crippen molar-refractivity contribution >= 4 is 49.7 Å². The van der Waals surface area contributed by atoms with E-state index < -0.39 is 15.5 Å². The highest BCUT2D eigenvalue weighted by atomic mass is 79.9. The second-order valence-electron chi connectivity index (χ2n) is 10.5. The van der Waals surface area contributed by atoms with Crippen LogP contribution < -0.4 is 8.92 Å². The molecule has 0 radical (unpaired) electrons. The van der Waals surface area contributed by atoms with Gasteiger partial charge in [0.15, 0.2) is 12.0 Å². The van der Waals surface area contributed by atoms with E-state index >= 15 is 0 Å². The predicted octanol–water partition coefficient (Wildman–Crippen LogP) is 6.33. The molecule has 36 heavy (non-hydrogen) atoms. The third-order valence-corrected chi connectivity index (χ3v) is 10.4. The Bertz CT molecular complexity index is 1340. The lowest BCUT2D eigenvalue weighted by Gasteiger charge is -2.32. The monoisotopic (exact) mass is 594 g/mol. The molecular weight excluding hydrogens is 568 g/mol. The summed E-state index contributed by atoms with van der Waals surface area (Å²) in [5, 5.41) is 0.188. The molecule has 2 unspecified atom stereocenters. The molecule has 0 heterocycles. The number of ether oxygens (including phenoxy) is 1. The summed E-state index contributed by atoms with van der Waals surface area (Å²) in [6.45, 7) is 4.08. The van der Waals surface area contributed by atoms with E-state index in [1.165, 1.54) is 12.1 Å². The SMILES string of the molecule is CC(C)C1[C@@H]2CCC1(CS(=O)(=O)Oc1cc(O[C@H]3CCc4c(Br)cccc43)c(Cl)cc1C=O)C(=O)C2. The molecule has 6 nitrogen and oxygen atoms in total. The normalized spacial score (nSPS) is 26.9. The first-order valence-corrected chi connectivity index (χ1v) is 15.0. The van der Waals surface area contributed by atoms with Crippen LogP contribution in [0.5, 0.6) is 11.5 Å². The maximum Gasteiger partial charge on any atom is 0.310 e. The molecule has 3 aliphatic rings. The van der Waals surface area contributed by atoms with Gasteiger partial charge < -0.3 is 8.92 Å². The lowest BCUT2D eigenvalue weighted by molar-refractivity contribution is -0.127. The molecule has 0 aliphatic heterocycles. The summed E-state index contributed by atoms with van der Waals surface area (Å²) in [6, 6.07) is 8.63. The molecule has 5 rings (SSSR count). The summed E-state index contributed by atoms with van der Waals surface area (Å²) in [6.07, 6.45) is 3.63. The van der Waals surface area contributed by atoms with Crippen LogP contribution >= 0.6 is 27.5 Å². The summed E-state index contributed by atoms with van der Waals surface area (Å²) < 4.78 is 39.3. The van der Waals surface area contributed by atoms with E-state index in [-0.39, 0.29) is 57.5 Å². The van der Waals surface area contributed by atoms with E-state index in [0.717, 1.165) is 34.9 Å². The van der Waals surface area contributed by atoms with E-state index in [4.69, 9.17) is 20.5 Å². The molecule has 3 aliphatic carbocycles.